The molecular formula is C15H19F2IN4OS. The molecule has 0 aliphatic rings. The van der Waals surface area contributed by atoms with Crippen LogP contribution in [-0.4, -0.2) is 31.1 Å². The number of hydrogen-bond donors (Lipinski definition) is 2. The van der Waals surface area contributed by atoms with Gasteiger partial charge in [0.15, 0.2) is 17.5 Å². The van der Waals surface area contributed by atoms with E-state index in [0.29, 0.717) is 19.0 Å². The zero-order valence-electron chi connectivity index (χ0n) is 13.3. The van der Waals surface area contributed by atoms with Crippen LogP contribution in [0.15, 0.2) is 29.4 Å². The molecule has 0 spiro atoms. The maximum Gasteiger partial charge on any atom is 0.191 e. The first-order chi connectivity index (χ1) is 11.1. The van der Waals surface area contributed by atoms with Crippen molar-refractivity contribution in [2.75, 3.05) is 20.2 Å². The number of nitrogens with one attached hydrogen (secondary N) is 2. The summed E-state index contributed by atoms with van der Waals surface area (Å²) >= 11 is 1.62. The van der Waals surface area contributed by atoms with E-state index < -0.39 is 11.6 Å². The third-order valence-corrected chi connectivity index (χ3v) is 3.76. The molecule has 2 aromatic rings. The van der Waals surface area contributed by atoms with E-state index in [2.05, 4.69) is 20.6 Å². The third-order valence-electron chi connectivity index (χ3n) is 2.85. The molecule has 0 amide bonds. The lowest BCUT2D eigenvalue weighted by Gasteiger charge is -2.12. The summed E-state index contributed by atoms with van der Waals surface area (Å²) in [6, 6.07) is 3.21. The quantitative estimate of drug-likeness (QED) is 0.296. The molecule has 0 atom stereocenters. The summed E-state index contributed by atoms with van der Waals surface area (Å²) in [5.41, 5.74) is 0. The van der Waals surface area contributed by atoms with Gasteiger partial charge in [0, 0.05) is 24.2 Å². The Balaban J connectivity index is 0.00000288. The van der Waals surface area contributed by atoms with Crippen molar-refractivity contribution in [2.24, 2.45) is 4.99 Å². The molecule has 0 saturated carbocycles. The lowest BCUT2D eigenvalue weighted by Crippen LogP contribution is -2.38. The number of aromatic nitrogens is 1. The van der Waals surface area contributed by atoms with Gasteiger partial charge in [-0.05, 0) is 19.1 Å². The smallest absolute Gasteiger partial charge is 0.191 e. The number of nitrogens with zero attached hydrogens (tertiary/aromatic N) is 2. The zero-order chi connectivity index (χ0) is 16.7. The largest absolute Gasteiger partial charge is 0.489 e. The summed E-state index contributed by atoms with van der Waals surface area (Å²) in [6.07, 6.45) is 1.82. The first kappa shape index (κ1) is 20.6. The molecule has 2 N–H and O–H groups in total. The predicted molar refractivity (Wildman–Crippen MR) is 102 cm³/mol. The highest BCUT2D eigenvalue weighted by Gasteiger charge is 2.05. The Labute approximate surface area is 160 Å². The molecule has 0 saturated heterocycles. The molecule has 132 valence electrons. The van der Waals surface area contributed by atoms with Gasteiger partial charge in [-0.1, -0.05) is 0 Å². The van der Waals surface area contributed by atoms with Crippen molar-refractivity contribution < 1.29 is 13.5 Å². The normalized spacial score (nSPS) is 10.9. The summed E-state index contributed by atoms with van der Waals surface area (Å²) in [6.45, 7) is 3.22. The number of hydrogen-bond acceptors (Lipinski definition) is 4. The van der Waals surface area contributed by atoms with Crippen molar-refractivity contribution in [1.82, 2.24) is 15.6 Å². The monoisotopic (exact) mass is 468 g/mol. The van der Waals surface area contributed by atoms with Crippen LogP contribution in [0, 0.1) is 18.6 Å². The first-order valence-corrected chi connectivity index (χ1v) is 7.84. The molecule has 1 heterocycles. The number of halogens is 3. The van der Waals surface area contributed by atoms with E-state index in [1.54, 1.807) is 18.4 Å². The second kappa shape index (κ2) is 10.4. The Morgan fingerprint density at radius 2 is 2.12 bits per heavy atom. The lowest BCUT2D eigenvalue weighted by molar-refractivity contribution is 0.304. The van der Waals surface area contributed by atoms with Gasteiger partial charge in [0.25, 0.3) is 0 Å². The van der Waals surface area contributed by atoms with E-state index in [4.69, 9.17) is 4.74 Å². The van der Waals surface area contributed by atoms with Crippen molar-refractivity contribution >= 4 is 41.3 Å². The number of ether oxygens (including phenoxy) is 1. The zero-order valence-corrected chi connectivity index (χ0v) is 16.5. The van der Waals surface area contributed by atoms with Gasteiger partial charge in [-0.3, -0.25) is 4.99 Å². The molecule has 0 bridgehead atoms. The van der Waals surface area contributed by atoms with E-state index in [0.717, 1.165) is 22.0 Å². The van der Waals surface area contributed by atoms with E-state index in [1.807, 2.05) is 13.1 Å². The molecule has 24 heavy (non-hydrogen) atoms. The highest BCUT2D eigenvalue weighted by molar-refractivity contribution is 14.0. The Morgan fingerprint density at radius 3 is 2.75 bits per heavy atom. The number of benzene rings is 1. The van der Waals surface area contributed by atoms with Crippen LogP contribution in [0.4, 0.5) is 8.78 Å². The van der Waals surface area contributed by atoms with Crippen LogP contribution in [0.5, 0.6) is 5.75 Å². The Bertz CT molecular complexity index is 681. The van der Waals surface area contributed by atoms with Crippen LogP contribution >= 0.6 is 35.3 Å². The average Bonchev–Trinajstić information content (AvgIpc) is 2.94. The number of guanidine groups is 1. The lowest BCUT2D eigenvalue weighted by atomic mass is 10.3. The van der Waals surface area contributed by atoms with E-state index in [1.165, 1.54) is 6.07 Å². The second-order valence-electron chi connectivity index (χ2n) is 4.64. The van der Waals surface area contributed by atoms with E-state index in [9.17, 15) is 8.78 Å². The summed E-state index contributed by atoms with van der Waals surface area (Å²) < 4.78 is 31.4. The van der Waals surface area contributed by atoms with Crippen LogP contribution in [-0.2, 0) is 6.54 Å². The van der Waals surface area contributed by atoms with Gasteiger partial charge in [0.2, 0.25) is 0 Å². The Hall–Kier alpha value is -1.49. The molecule has 1 aromatic heterocycles. The minimum absolute atomic E-state index is 0. The Morgan fingerprint density at radius 1 is 1.33 bits per heavy atom. The molecule has 1 aromatic carbocycles. The van der Waals surface area contributed by atoms with Gasteiger partial charge in [0.1, 0.15) is 17.4 Å². The van der Waals surface area contributed by atoms with Crippen molar-refractivity contribution in [3.63, 3.8) is 0 Å². The molecule has 0 aliphatic heterocycles. The van der Waals surface area contributed by atoms with Gasteiger partial charge >= 0.3 is 0 Å². The van der Waals surface area contributed by atoms with Crippen LogP contribution in [0.2, 0.25) is 0 Å². The molecule has 0 fully saturated rings. The highest BCUT2D eigenvalue weighted by Crippen LogP contribution is 2.17. The molecule has 5 nitrogen and oxygen atoms in total. The van der Waals surface area contributed by atoms with Crippen LogP contribution in [0.1, 0.15) is 9.88 Å². The standard InChI is InChI=1S/C15H18F2N4OS.HI/c1-10-8-20-14(23-10)9-21-15(18-2)19-5-6-22-13-4-3-11(16)7-12(13)17;/h3-4,7-8H,5-6,9H2,1-2H3,(H2,18,19,21);1H. The summed E-state index contributed by atoms with van der Waals surface area (Å²) in [5, 5.41) is 7.13. The number of aryl methyl sites for hydroxylation is 1. The van der Waals surface area contributed by atoms with Gasteiger partial charge in [-0.15, -0.1) is 35.3 Å². The van der Waals surface area contributed by atoms with Gasteiger partial charge in [0.05, 0.1) is 13.1 Å². The van der Waals surface area contributed by atoms with Crippen molar-refractivity contribution in [1.29, 1.82) is 0 Å². The first-order valence-electron chi connectivity index (χ1n) is 7.02. The summed E-state index contributed by atoms with van der Waals surface area (Å²) in [4.78, 5) is 9.48. The van der Waals surface area contributed by atoms with E-state index in [-0.39, 0.29) is 36.3 Å². The topological polar surface area (TPSA) is 58.5 Å². The van der Waals surface area contributed by atoms with Crippen LogP contribution in [0.25, 0.3) is 0 Å². The van der Waals surface area contributed by atoms with Gasteiger partial charge < -0.3 is 15.4 Å². The molecule has 9 heteroatoms. The molecule has 2 rings (SSSR count). The minimum atomic E-state index is -0.716. The highest BCUT2D eigenvalue weighted by atomic mass is 127. The number of rotatable bonds is 6. The fraction of sp³-hybridized carbons (Fsp3) is 0.333. The van der Waals surface area contributed by atoms with Crippen molar-refractivity contribution in [2.45, 2.75) is 13.5 Å². The number of thiazole rings is 1. The fourth-order valence-electron chi connectivity index (χ4n) is 1.79. The van der Waals surface area contributed by atoms with Gasteiger partial charge in [-0.25, -0.2) is 13.8 Å². The Kier molecular flexibility index (Phi) is 8.90. The maximum absolute atomic E-state index is 13.4. The van der Waals surface area contributed by atoms with E-state index >= 15 is 0 Å². The predicted octanol–water partition coefficient (Wildman–Crippen LogP) is 3.09. The average molecular weight is 468 g/mol. The SMILES string of the molecule is CN=C(NCCOc1ccc(F)cc1F)NCc1ncc(C)s1.I. The van der Waals surface area contributed by atoms with Crippen LogP contribution < -0.4 is 15.4 Å². The van der Waals surface area contributed by atoms with Crippen molar-refractivity contribution in [3.05, 3.63) is 45.9 Å². The second-order valence-corrected chi connectivity index (χ2v) is 5.96. The molecule has 0 radical (unpaired) electrons. The van der Waals surface area contributed by atoms with Gasteiger partial charge in [-0.2, -0.15) is 0 Å². The van der Waals surface area contributed by atoms with Crippen molar-refractivity contribution in [3.8, 4) is 5.75 Å². The summed E-state index contributed by atoms with van der Waals surface area (Å²) in [5.74, 6) is -0.725. The number of aliphatic imine (C=N–C) groups is 1. The summed E-state index contributed by atoms with van der Waals surface area (Å²) in [7, 11) is 1.66. The molecular weight excluding hydrogens is 449 g/mol. The molecule has 0 unspecified atom stereocenters. The minimum Gasteiger partial charge on any atom is -0.489 e. The van der Waals surface area contributed by atoms with Crippen LogP contribution in [0.3, 0.4) is 0 Å². The third kappa shape index (κ3) is 6.56. The maximum atomic E-state index is 13.4. The molecule has 0 aliphatic carbocycles. The fourth-order valence-corrected chi connectivity index (χ4v) is 2.51.